The molecule has 3 nitrogen and oxygen atoms in total. The third kappa shape index (κ3) is 2.22. The summed E-state index contributed by atoms with van der Waals surface area (Å²) < 4.78 is 1.82. The fourth-order valence-electron chi connectivity index (χ4n) is 1.89. The van der Waals surface area contributed by atoms with E-state index in [1.165, 1.54) is 5.56 Å². The van der Waals surface area contributed by atoms with Crippen LogP contribution in [-0.2, 0) is 6.42 Å². The first kappa shape index (κ1) is 11.2. The zero-order valence-corrected chi connectivity index (χ0v) is 10.7. The van der Waals surface area contributed by atoms with E-state index in [0.29, 0.717) is 0 Å². The highest BCUT2D eigenvalue weighted by Crippen LogP contribution is 2.13. The van der Waals surface area contributed by atoms with Crippen molar-refractivity contribution in [1.82, 2.24) is 14.6 Å². The first-order valence-corrected chi connectivity index (χ1v) is 6.15. The highest BCUT2D eigenvalue weighted by atomic mass is 35.5. The van der Waals surface area contributed by atoms with Gasteiger partial charge in [0.15, 0.2) is 11.5 Å². The molecule has 3 aromatic rings. The Morgan fingerprint density at radius 2 is 1.89 bits per heavy atom. The standard InChI is InChI=1S/C14H12ClN3/c1-10-2-7-14-16-13(17-18(14)9-10)8-11-3-5-12(15)6-4-11/h2-7,9H,8H2,1H3. The predicted molar refractivity (Wildman–Crippen MR) is 72.0 cm³/mol. The molecule has 0 amide bonds. The lowest BCUT2D eigenvalue weighted by atomic mass is 10.1. The van der Waals surface area contributed by atoms with Crippen LogP contribution in [0.3, 0.4) is 0 Å². The molecule has 0 radical (unpaired) electrons. The molecule has 0 saturated carbocycles. The second kappa shape index (κ2) is 4.42. The van der Waals surface area contributed by atoms with Crippen molar-refractivity contribution in [2.75, 3.05) is 0 Å². The summed E-state index contributed by atoms with van der Waals surface area (Å²) in [4.78, 5) is 4.49. The fraction of sp³-hybridized carbons (Fsp3) is 0.143. The molecule has 0 atom stereocenters. The van der Waals surface area contributed by atoms with Crippen molar-refractivity contribution >= 4 is 17.2 Å². The monoisotopic (exact) mass is 257 g/mol. The molecule has 0 bridgehead atoms. The van der Waals surface area contributed by atoms with Crippen LogP contribution in [0.15, 0.2) is 42.6 Å². The third-order valence-electron chi connectivity index (χ3n) is 2.80. The van der Waals surface area contributed by atoms with E-state index in [1.54, 1.807) is 0 Å². The number of halogens is 1. The van der Waals surface area contributed by atoms with E-state index >= 15 is 0 Å². The Hall–Kier alpha value is -1.87. The molecule has 1 aromatic carbocycles. The molecule has 90 valence electrons. The number of aryl methyl sites for hydroxylation is 1. The van der Waals surface area contributed by atoms with Gasteiger partial charge >= 0.3 is 0 Å². The van der Waals surface area contributed by atoms with Gasteiger partial charge in [0, 0.05) is 17.6 Å². The van der Waals surface area contributed by atoms with Gasteiger partial charge in [0.2, 0.25) is 0 Å². The molecule has 0 spiro atoms. The number of rotatable bonds is 2. The second-order valence-electron chi connectivity index (χ2n) is 4.34. The summed E-state index contributed by atoms with van der Waals surface area (Å²) in [6, 6.07) is 11.8. The number of fused-ring (bicyclic) bond motifs is 1. The van der Waals surface area contributed by atoms with Crippen LogP contribution < -0.4 is 0 Å². The minimum absolute atomic E-state index is 0.720. The van der Waals surface area contributed by atoms with Crippen LogP contribution in [-0.4, -0.2) is 14.6 Å². The van der Waals surface area contributed by atoms with Gasteiger partial charge in [-0.1, -0.05) is 29.8 Å². The van der Waals surface area contributed by atoms with Crippen molar-refractivity contribution in [3.8, 4) is 0 Å². The molecule has 0 unspecified atom stereocenters. The zero-order valence-electron chi connectivity index (χ0n) is 9.97. The van der Waals surface area contributed by atoms with Crippen LogP contribution in [0.2, 0.25) is 5.02 Å². The molecule has 0 fully saturated rings. The quantitative estimate of drug-likeness (QED) is 0.705. The van der Waals surface area contributed by atoms with Gasteiger partial charge in [-0.05, 0) is 36.2 Å². The molecule has 2 aromatic heterocycles. The second-order valence-corrected chi connectivity index (χ2v) is 4.78. The fourth-order valence-corrected chi connectivity index (χ4v) is 2.02. The first-order valence-electron chi connectivity index (χ1n) is 5.77. The number of hydrogen-bond acceptors (Lipinski definition) is 2. The molecule has 4 heteroatoms. The highest BCUT2D eigenvalue weighted by Gasteiger charge is 2.04. The topological polar surface area (TPSA) is 30.2 Å². The maximum atomic E-state index is 5.86. The molecule has 0 aliphatic heterocycles. The van der Waals surface area contributed by atoms with Crippen LogP contribution in [0.25, 0.3) is 5.65 Å². The zero-order chi connectivity index (χ0) is 12.5. The maximum absolute atomic E-state index is 5.86. The minimum atomic E-state index is 0.720. The Balaban J connectivity index is 1.92. The van der Waals surface area contributed by atoms with E-state index in [9.17, 15) is 0 Å². The Morgan fingerprint density at radius 1 is 1.11 bits per heavy atom. The van der Waals surface area contributed by atoms with Crippen LogP contribution in [0, 0.1) is 6.92 Å². The van der Waals surface area contributed by atoms with Crippen molar-refractivity contribution in [3.05, 3.63) is 64.6 Å². The molecule has 18 heavy (non-hydrogen) atoms. The minimum Gasteiger partial charge on any atom is -0.221 e. The molecule has 3 rings (SSSR count). The van der Waals surface area contributed by atoms with E-state index in [2.05, 4.69) is 10.1 Å². The maximum Gasteiger partial charge on any atom is 0.156 e. The molecule has 0 N–H and O–H groups in total. The summed E-state index contributed by atoms with van der Waals surface area (Å²) in [5.74, 6) is 0.822. The van der Waals surface area contributed by atoms with E-state index < -0.39 is 0 Å². The molecule has 0 saturated heterocycles. The molecular formula is C14H12ClN3. The lowest BCUT2D eigenvalue weighted by Crippen LogP contribution is -1.92. The summed E-state index contributed by atoms with van der Waals surface area (Å²) in [6.45, 7) is 2.04. The summed E-state index contributed by atoms with van der Waals surface area (Å²) in [7, 11) is 0. The van der Waals surface area contributed by atoms with E-state index in [1.807, 2.05) is 54.0 Å². The van der Waals surface area contributed by atoms with Gasteiger partial charge in [0.25, 0.3) is 0 Å². The Labute approximate surface area is 110 Å². The van der Waals surface area contributed by atoms with Crippen LogP contribution in [0.4, 0.5) is 0 Å². The molecule has 0 aliphatic rings. The molecule has 2 heterocycles. The lowest BCUT2D eigenvalue weighted by Gasteiger charge is -1.96. The van der Waals surface area contributed by atoms with Gasteiger partial charge in [-0.15, -0.1) is 0 Å². The van der Waals surface area contributed by atoms with Crippen molar-refractivity contribution in [1.29, 1.82) is 0 Å². The predicted octanol–water partition coefficient (Wildman–Crippen LogP) is 3.28. The molecular weight excluding hydrogens is 246 g/mol. The summed E-state index contributed by atoms with van der Waals surface area (Å²) in [5, 5.41) is 5.21. The highest BCUT2D eigenvalue weighted by molar-refractivity contribution is 6.30. The van der Waals surface area contributed by atoms with E-state index in [4.69, 9.17) is 11.6 Å². The Morgan fingerprint density at radius 3 is 2.67 bits per heavy atom. The average Bonchev–Trinajstić information content (AvgIpc) is 2.73. The number of benzene rings is 1. The number of pyridine rings is 1. The summed E-state index contributed by atoms with van der Waals surface area (Å²) >= 11 is 5.86. The lowest BCUT2D eigenvalue weighted by molar-refractivity contribution is 0.895. The van der Waals surface area contributed by atoms with Crippen molar-refractivity contribution < 1.29 is 0 Å². The normalized spacial score (nSPS) is 11.0. The van der Waals surface area contributed by atoms with Crippen molar-refractivity contribution in [3.63, 3.8) is 0 Å². The van der Waals surface area contributed by atoms with E-state index in [-0.39, 0.29) is 0 Å². The number of nitrogens with zero attached hydrogens (tertiary/aromatic N) is 3. The van der Waals surface area contributed by atoms with Crippen molar-refractivity contribution in [2.24, 2.45) is 0 Å². The Kier molecular flexibility index (Phi) is 2.76. The van der Waals surface area contributed by atoms with Gasteiger partial charge in [-0.2, -0.15) is 5.10 Å². The van der Waals surface area contributed by atoms with Crippen LogP contribution in [0.1, 0.15) is 17.0 Å². The van der Waals surface area contributed by atoms with Crippen molar-refractivity contribution in [2.45, 2.75) is 13.3 Å². The van der Waals surface area contributed by atoms with Gasteiger partial charge in [-0.25, -0.2) is 9.50 Å². The molecule has 0 aliphatic carbocycles. The van der Waals surface area contributed by atoms with Gasteiger partial charge < -0.3 is 0 Å². The smallest absolute Gasteiger partial charge is 0.156 e. The summed E-state index contributed by atoms with van der Waals surface area (Å²) in [5.41, 5.74) is 3.21. The largest absolute Gasteiger partial charge is 0.221 e. The van der Waals surface area contributed by atoms with Gasteiger partial charge in [-0.3, -0.25) is 0 Å². The van der Waals surface area contributed by atoms with E-state index in [0.717, 1.165) is 28.5 Å². The third-order valence-corrected chi connectivity index (χ3v) is 3.05. The van der Waals surface area contributed by atoms with Gasteiger partial charge in [0.05, 0.1) is 0 Å². The Bertz CT molecular complexity index is 686. The number of aromatic nitrogens is 3. The summed E-state index contributed by atoms with van der Waals surface area (Å²) in [6.07, 6.45) is 2.70. The van der Waals surface area contributed by atoms with Gasteiger partial charge in [0.1, 0.15) is 0 Å². The average molecular weight is 258 g/mol. The van der Waals surface area contributed by atoms with Crippen LogP contribution >= 0.6 is 11.6 Å². The number of hydrogen-bond donors (Lipinski definition) is 0. The SMILES string of the molecule is Cc1ccc2nc(Cc3ccc(Cl)cc3)nn2c1. The first-order chi connectivity index (χ1) is 8.70. The van der Waals surface area contributed by atoms with Crippen LogP contribution in [0.5, 0.6) is 0 Å².